The van der Waals surface area contributed by atoms with Gasteiger partial charge in [0, 0.05) is 18.3 Å². The number of furan rings is 1. The Hall–Kier alpha value is -1.77. The van der Waals surface area contributed by atoms with Gasteiger partial charge in [0.1, 0.15) is 0 Å². The normalized spacial score (nSPS) is 10.2. The van der Waals surface area contributed by atoms with Gasteiger partial charge >= 0.3 is 0 Å². The standard InChI is InChI=1S/C10H9NO2/c1-8-4-5-9(12)11(7-8)10-3-2-6-13-10/h2-7H,1H3. The lowest BCUT2D eigenvalue weighted by Crippen LogP contribution is -2.15. The minimum absolute atomic E-state index is 0.0828. The lowest BCUT2D eigenvalue weighted by atomic mass is 10.3. The molecule has 0 aromatic carbocycles. The van der Waals surface area contributed by atoms with Gasteiger partial charge in [-0.25, -0.2) is 0 Å². The lowest BCUT2D eigenvalue weighted by molar-refractivity contribution is 0.533. The monoisotopic (exact) mass is 175 g/mol. The van der Waals surface area contributed by atoms with Crippen LogP contribution in [0.2, 0.25) is 0 Å². The van der Waals surface area contributed by atoms with Crippen LogP contribution < -0.4 is 5.56 Å². The third-order valence-corrected chi connectivity index (χ3v) is 1.80. The maximum Gasteiger partial charge on any atom is 0.257 e. The first-order chi connectivity index (χ1) is 6.27. The number of aryl methyl sites for hydroxylation is 1. The molecule has 0 aliphatic heterocycles. The SMILES string of the molecule is Cc1ccc(=O)n(-c2ccco2)c1. The minimum atomic E-state index is -0.0828. The van der Waals surface area contributed by atoms with Gasteiger partial charge in [-0.3, -0.25) is 9.36 Å². The third-order valence-electron chi connectivity index (χ3n) is 1.80. The van der Waals surface area contributed by atoms with E-state index in [1.165, 1.54) is 10.6 Å². The Bertz CT molecular complexity index is 454. The Labute approximate surface area is 75.2 Å². The van der Waals surface area contributed by atoms with E-state index in [-0.39, 0.29) is 5.56 Å². The predicted molar refractivity (Wildman–Crippen MR) is 49.0 cm³/mol. The fourth-order valence-electron chi connectivity index (χ4n) is 1.17. The zero-order valence-corrected chi connectivity index (χ0v) is 7.23. The highest BCUT2D eigenvalue weighted by molar-refractivity contribution is 5.21. The van der Waals surface area contributed by atoms with Crippen LogP contribution in [0.5, 0.6) is 0 Å². The van der Waals surface area contributed by atoms with Gasteiger partial charge in [-0.05, 0) is 18.6 Å². The highest BCUT2D eigenvalue weighted by Gasteiger charge is 2.00. The summed E-state index contributed by atoms with van der Waals surface area (Å²) in [5.74, 6) is 0.550. The molecule has 2 rings (SSSR count). The molecule has 0 N–H and O–H groups in total. The molecule has 3 heteroatoms. The number of nitrogens with zero attached hydrogens (tertiary/aromatic N) is 1. The molecular formula is C10H9NO2. The second kappa shape index (κ2) is 2.94. The first kappa shape index (κ1) is 7.86. The van der Waals surface area contributed by atoms with Crippen LogP contribution in [0.15, 0.2) is 45.9 Å². The smallest absolute Gasteiger partial charge is 0.257 e. The van der Waals surface area contributed by atoms with E-state index in [4.69, 9.17) is 4.42 Å². The Morgan fingerprint density at radius 1 is 1.31 bits per heavy atom. The van der Waals surface area contributed by atoms with Crippen LogP contribution in [0.4, 0.5) is 0 Å². The number of pyridine rings is 1. The molecule has 0 unspecified atom stereocenters. The van der Waals surface area contributed by atoms with E-state index < -0.39 is 0 Å². The van der Waals surface area contributed by atoms with E-state index in [0.717, 1.165) is 5.56 Å². The highest BCUT2D eigenvalue weighted by atomic mass is 16.3. The molecule has 2 aromatic heterocycles. The molecule has 0 bridgehead atoms. The maximum atomic E-state index is 11.4. The summed E-state index contributed by atoms with van der Waals surface area (Å²) >= 11 is 0. The van der Waals surface area contributed by atoms with Gasteiger partial charge in [-0.1, -0.05) is 6.07 Å². The van der Waals surface area contributed by atoms with E-state index in [1.807, 2.05) is 6.92 Å². The van der Waals surface area contributed by atoms with E-state index >= 15 is 0 Å². The van der Waals surface area contributed by atoms with Gasteiger partial charge in [-0.15, -0.1) is 0 Å². The van der Waals surface area contributed by atoms with Crippen molar-refractivity contribution in [1.29, 1.82) is 0 Å². The number of hydrogen-bond acceptors (Lipinski definition) is 2. The minimum Gasteiger partial charge on any atom is -0.448 e. The van der Waals surface area contributed by atoms with Crippen molar-refractivity contribution in [3.05, 3.63) is 52.6 Å². The van der Waals surface area contributed by atoms with Crippen molar-refractivity contribution in [2.45, 2.75) is 6.92 Å². The number of aromatic nitrogens is 1. The van der Waals surface area contributed by atoms with Crippen molar-refractivity contribution in [2.24, 2.45) is 0 Å². The van der Waals surface area contributed by atoms with Crippen LogP contribution in [0.1, 0.15) is 5.56 Å². The molecule has 0 radical (unpaired) electrons. The molecule has 66 valence electrons. The summed E-state index contributed by atoms with van der Waals surface area (Å²) < 4.78 is 6.60. The zero-order chi connectivity index (χ0) is 9.26. The fraction of sp³-hybridized carbons (Fsp3) is 0.100. The average Bonchev–Trinajstić information content (AvgIpc) is 2.61. The molecule has 0 saturated heterocycles. The van der Waals surface area contributed by atoms with E-state index in [2.05, 4.69) is 0 Å². The van der Waals surface area contributed by atoms with Gasteiger partial charge in [0.05, 0.1) is 6.26 Å². The van der Waals surface area contributed by atoms with E-state index in [1.54, 1.807) is 30.7 Å². The van der Waals surface area contributed by atoms with Crippen LogP contribution in [0.25, 0.3) is 5.88 Å². The second-order valence-corrected chi connectivity index (χ2v) is 2.87. The molecule has 0 fully saturated rings. The Morgan fingerprint density at radius 3 is 2.85 bits per heavy atom. The summed E-state index contributed by atoms with van der Waals surface area (Å²) in [7, 11) is 0. The molecule has 0 spiro atoms. The molecule has 0 saturated carbocycles. The quantitative estimate of drug-likeness (QED) is 0.661. The summed E-state index contributed by atoms with van der Waals surface area (Å²) in [6, 6.07) is 6.81. The van der Waals surface area contributed by atoms with Gasteiger partial charge < -0.3 is 4.42 Å². The topological polar surface area (TPSA) is 35.1 Å². The molecular weight excluding hydrogens is 166 g/mol. The summed E-state index contributed by atoms with van der Waals surface area (Å²) in [5.41, 5.74) is 0.941. The molecule has 0 amide bonds. The van der Waals surface area contributed by atoms with E-state index in [0.29, 0.717) is 5.88 Å². The van der Waals surface area contributed by atoms with Gasteiger partial charge in [0.15, 0.2) is 0 Å². The summed E-state index contributed by atoms with van der Waals surface area (Å²) in [4.78, 5) is 11.4. The highest BCUT2D eigenvalue weighted by Crippen LogP contribution is 2.05. The summed E-state index contributed by atoms with van der Waals surface area (Å²) in [5, 5.41) is 0. The number of rotatable bonds is 1. The average molecular weight is 175 g/mol. The van der Waals surface area contributed by atoms with Crippen molar-refractivity contribution in [3.8, 4) is 5.88 Å². The Morgan fingerprint density at radius 2 is 2.15 bits per heavy atom. The van der Waals surface area contributed by atoms with Crippen LogP contribution in [-0.4, -0.2) is 4.57 Å². The molecule has 2 heterocycles. The van der Waals surface area contributed by atoms with Gasteiger partial charge in [0.2, 0.25) is 5.88 Å². The Balaban J connectivity index is 2.64. The fourth-order valence-corrected chi connectivity index (χ4v) is 1.17. The summed E-state index contributed by atoms with van der Waals surface area (Å²) in [6.07, 6.45) is 3.30. The molecule has 0 aliphatic carbocycles. The van der Waals surface area contributed by atoms with Crippen LogP contribution >= 0.6 is 0 Å². The first-order valence-electron chi connectivity index (χ1n) is 4.00. The Kier molecular flexibility index (Phi) is 1.77. The predicted octanol–water partition coefficient (Wildman–Crippen LogP) is 1.74. The molecule has 0 aliphatic rings. The molecule has 13 heavy (non-hydrogen) atoms. The second-order valence-electron chi connectivity index (χ2n) is 2.87. The van der Waals surface area contributed by atoms with Crippen molar-refractivity contribution in [1.82, 2.24) is 4.57 Å². The third kappa shape index (κ3) is 1.40. The maximum absolute atomic E-state index is 11.4. The van der Waals surface area contributed by atoms with Crippen molar-refractivity contribution in [2.75, 3.05) is 0 Å². The van der Waals surface area contributed by atoms with Gasteiger partial charge in [0.25, 0.3) is 5.56 Å². The molecule has 3 nitrogen and oxygen atoms in total. The van der Waals surface area contributed by atoms with Crippen LogP contribution in [0, 0.1) is 6.92 Å². The van der Waals surface area contributed by atoms with Gasteiger partial charge in [-0.2, -0.15) is 0 Å². The lowest BCUT2D eigenvalue weighted by Gasteiger charge is -2.00. The van der Waals surface area contributed by atoms with Crippen LogP contribution in [-0.2, 0) is 0 Å². The van der Waals surface area contributed by atoms with E-state index in [9.17, 15) is 4.79 Å². The number of hydrogen-bond donors (Lipinski definition) is 0. The first-order valence-corrected chi connectivity index (χ1v) is 4.00. The molecule has 0 atom stereocenters. The largest absolute Gasteiger partial charge is 0.448 e. The van der Waals surface area contributed by atoms with Crippen molar-refractivity contribution in [3.63, 3.8) is 0 Å². The van der Waals surface area contributed by atoms with Crippen LogP contribution in [0.3, 0.4) is 0 Å². The molecule has 2 aromatic rings. The van der Waals surface area contributed by atoms with Crippen molar-refractivity contribution < 1.29 is 4.42 Å². The summed E-state index contributed by atoms with van der Waals surface area (Å²) in [6.45, 7) is 1.93. The zero-order valence-electron chi connectivity index (χ0n) is 7.23. The van der Waals surface area contributed by atoms with Crippen molar-refractivity contribution >= 4 is 0 Å².